The quantitative estimate of drug-likeness (QED) is 0.428. The van der Waals surface area contributed by atoms with Gasteiger partial charge < -0.3 is 5.32 Å². The number of thioether (sulfide) groups is 1. The van der Waals surface area contributed by atoms with Crippen molar-refractivity contribution in [2.75, 3.05) is 19.6 Å². The third-order valence-electron chi connectivity index (χ3n) is 6.71. The molecule has 0 spiro atoms. The van der Waals surface area contributed by atoms with Crippen molar-refractivity contribution >= 4 is 39.4 Å². The second kappa shape index (κ2) is 10.1. The summed E-state index contributed by atoms with van der Waals surface area (Å²) in [5.74, 6) is 0.193. The average Bonchev–Trinajstić information content (AvgIpc) is 3.31. The summed E-state index contributed by atoms with van der Waals surface area (Å²) in [7, 11) is -3.83. The van der Waals surface area contributed by atoms with Gasteiger partial charge in [-0.15, -0.1) is 0 Å². The molecule has 3 aromatic rings. The largest absolute Gasteiger partial charge is 0.416 e. The van der Waals surface area contributed by atoms with Gasteiger partial charge in [-0.2, -0.15) is 17.5 Å². The number of hydrogen-bond acceptors (Lipinski definition) is 5. The van der Waals surface area contributed by atoms with E-state index in [2.05, 4.69) is 10.3 Å². The lowest BCUT2D eigenvalue weighted by atomic mass is 9.93. The summed E-state index contributed by atoms with van der Waals surface area (Å²) in [5, 5.41) is 3.91. The maximum Gasteiger partial charge on any atom is 0.416 e. The second-order valence-electron chi connectivity index (χ2n) is 9.12. The number of nitrogens with zero attached hydrogens (tertiary/aromatic N) is 3. The van der Waals surface area contributed by atoms with Gasteiger partial charge in [-0.1, -0.05) is 17.8 Å². The number of alkyl halides is 3. The highest BCUT2D eigenvalue weighted by Gasteiger charge is 2.33. The van der Waals surface area contributed by atoms with Crippen molar-refractivity contribution in [2.45, 2.75) is 41.8 Å². The first kappa shape index (κ1) is 25.8. The van der Waals surface area contributed by atoms with Crippen LogP contribution in [-0.2, 0) is 21.0 Å². The number of halogens is 3. The van der Waals surface area contributed by atoms with Gasteiger partial charge in [-0.3, -0.25) is 9.20 Å². The Balaban J connectivity index is 1.07. The number of aromatic nitrogens is 2. The van der Waals surface area contributed by atoms with Gasteiger partial charge in [0.05, 0.1) is 32.3 Å². The first-order valence-electron chi connectivity index (χ1n) is 11.9. The molecule has 2 aromatic heterocycles. The second-order valence-corrected chi connectivity index (χ2v) is 12.1. The van der Waals surface area contributed by atoms with Gasteiger partial charge in [0.1, 0.15) is 5.65 Å². The molecular weight excluding hydrogens is 525 g/mol. The standard InChI is InChI=1S/C25H25F3N4O3S2/c26-25(27,28)18-6-8-20(9-7-18)37(34,35)31-13-10-17(11-14-31)3-2-12-29-24(33)21-15-19-16-30-22-4-1-5-23(36-21)32(19)22/h1,4-9,15-17H,2-3,10-14H2,(H,29,33). The van der Waals surface area contributed by atoms with E-state index in [1.807, 2.05) is 28.7 Å². The number of amides is 1. The number of hydrogen-bond donors (Lipinski definition) is 1. The first-order valence-corrected chi connectivity index (χ1v) is 14.2. The van der Waals surface area contributed by atoms with E-state index in [9.17, 15) is 26.4 Å². The van der Waals surface area contributed by atoms with Crippen LogP contribution in [0, 0.1) is 5.92 Å². The summed E-state index contributed by atoms with van der Waals surface area (Å²) >= 11 is 1.40. The van der Waals surface area contributed by atoms with Crippen LogP contribution in [0.2, 0.25) is 0 Å². The molecule has 4 heterocycles. The Morgan fingerprint density at radius 2 is 1.84 bits per heavy atom. The molecule has 1 saturated heterocycles. The monoisotopic (exact) mass is 550 g/mol. The summed E-state index contributed by atoms with van der Waals surface area (Å²) < 4.78 is 67.4. The van der Waals surface area contributed by atoms with Crippen molar-refractivity contribution in [2.24, 2.45) is 5.92 Å². The molecule has 0 saturated carbocycles. The van der Waals surface area contributed by atoms with Crippen LogP contribution in [0.25, 0.3) is 11.7 Å². The van der Waals surface area contributed by atoms with Crippen molar-refractivity contribution in [1.82, 2.24) is 19.0 Å². The fourth-order valence-corrected chi connectivity index (χ4v) is 7.16. The third kappa shape index (κ3) is 5.41. The zero-order valence-corrected chi connectivity index (χ0v) is 21.4. The zero-order chi connectivity index (χ0) is 26.2. The Kier molecular flexibility index (Phi) is 7.08. The van der Waals surface area contributed by atoms with Crippen LogP contribution in [0.4, 0.5) is 13.2 Å². The number of benzene rings is 1. The van der Waals surface area contributed by atoms with Crippen LogP contribution in [0.3, 0.4) is 0 Å². The predicted molar refractivity (Wildman–Crippen MR) is 134 cm³/mol. The van der Waals surface area contributed by atoms with E-state index in [-0.39, 0.29) is 10.8 Å². The minimum absolute atomic E-state index is 0.129. The molecule has 1 N–H and O–H groups in total. The number of carbonyl (C=O) groups is 1. The Bertz CT molecular complexity index is 1440. The zero-order valence-electron chi connectivity index (χ0n) is 19.7. The van der Waals surface area contributed by atoms with Gasteiger partial charge in [-0.05, 0) is 74.1 Å². The lowest BCUT2D eigenvalue weighted by Crippen LogP contribution is -2.38. The number of sulfonamides is 1. The Morgan fingerprint density at radius 3 is 2.54 bits per heavy atom. The Labute approximate surface area is 216 Å². The van der Waals surface area contributed by atoms with E-state index in [0.29, 0.717) is 43.3 Å². The molecule has 1 amide bonds. The molecule has 0 unspecified atom stereocenters. The number of nitrogens with one attached hydrogen (secondary N) is 1. The van der Waals surface area contributed by atoms with Crippen LogP contribution in [0.15, 0.2) is 63.5 Å². The molecule has 196 valence electrons. The highest BCUT2D eigenvalue weighted by Crippen LogP contribution is 2.34. The molecule has 1 fully saturated rings. The lowest BCUT2D eigenvalue weighted by Gasteiger charge is -2.31. The van der Waals surface area contributed by atoms with Crippen LogP contribution in [0.1, 0.15) is 36.9 Å². The maximum atomic E-state index is 12.8. The summed E-state index contributed by atoms with van der Waals surface area (Å²) in [6.45, 7) is 1.16. The molecule has 1 aromatic carbocycles. The molecule has 0 aliphatic carbocycles. The first-order chi connectivity index (χ1) is 17.6. The van der Waals surface area contributed by atoms with E-state index in [1.165, 1.54) is 16.1 Å². The topological polar surface area (TPSA) is 83.8 Å². The number of pyridine rings is 1. The van der Waals surface area contributed by atoms with Crippen LogP contribution < -0.4 is 5.32 Å². The number of rotatable bonds is 7. The molecule has 2 aliphatic rings. The summed E-state index contributed by atoms with van der Waals surface area (Å²) in [6.07, 6.45) is 2.03. The molecule has 7 nitrogen and oxygen atoms in total. The number of carbonyl (C=O) groups excluding carboxylic acids is 1. The molecular formula is C25H25F3N4O3S2. The van der Waals surface area contributed by atoms with E-state index in [4.69, 9.17) is 0 Å². The SMILES string of the molecule is O=C(NCCCC1CCN(S(=O)(=O)c2ccc(C(F)(F)F)cc2)CC1)C1=Cc2cnc3cccc(n23)S1. The van der Waals surface area contributed by atoms with Crippen LogP contribution >= 0.6 is 11.8 Å². The lowest BCUT2D eigenvalue weighted by molar-refractivity contribution is -0.137. The average molecular weight is 551 g/mol. The molecule has 2 aliphatic heterocycles. The number of piperidine rings is 1. The van der Waals surface area contributed by atoms with Crippen molar-refractivity contribution in [1.29, 1.82) is 0 Å². The van der Waals surface area contributed by atoms with E-state index in [1.54, 1.807) is 6.20 Å². The highest BCUT2D eigenvalue weighted by molar-refractivity contribution is 8.04. The smallest absolute Gasteiger partial charge is 0.352 e. The maximum absolute atomic E-state index is 12.8. The summed E-state index contributed by atoms with van der Waals surface area (Å²) in [5.41, 5.74) is 0.834. The van der Waals surface area contributed by atoms with Gasteiger partial charge in [0.15, 0.2) is 0 Å². The fraction of sp³-hybridized carbons (Fsp3) is 0.360. The van der Waals surface area contributed by atoms with Gasteiger partial charge >= 0.3 is 6.18 Å². The normalized spacial score (nSPS) is 17.1. The summed E-state index contributed by atoms with van der Waals surface area (Å²) in [4.78, 5) is 17.5. The Hall–Kier alpha value is -2.83. The highest BCUT2D eigenvalue weighted by atomic mass is 32.2. The Morgan fingerprint density at radius 1 is 1.11 bits per heavy atom. The van der Waals surface area contributed by atoms with Gasteiger partial charge in [0.2, 0.25) is 10.0 Å². The minimum Gasteiger partial charge on any atom is -0.352 e. The van der Waals surface area contributed by atoms with Gasteiger partial charge in [0, 0.05) is 19.6 Å². The van der Waals surface area contributed by atoms with E-state index >= 15 is 0 Å². The van der Waals surface area contributed by atoms with Gasteiger partial charge in [0.25, 0.3) is 5.91 Å². The minimum atomic E-state index is -4.51. The van der Waals surface area contributed by atoms with Gasteiger partial charge in [-0.25, -0.2) is 13.4 Å². The van der Waals surface area contributed by atoms with E-state index < -0.39 is 21.8 Å². The fourth-order valence-electron chi connectivity index (χ4n) is 4.68. The molecule has 12 heteroatoms. The molecule has 5 rings (SSSR count). The molecule has 37 heavy (non-hydrogen) atoms. The third-order valence-corrected chi connectivity index (χ3v) is 9.67. The van der Waals surface area contributed by atoms with Crippen molar-refractivity contribution in [3.8, 4) is 0 Å². The molecule has 0 bridgehead atoms. The van der Waals surface area contributed by atoms with Crippen LogP contribution in [0.5, 0.6) is 0 Å². The number of imidazole rings is 1. The summed E-state index contributed by atoms with van der Waals surface area (Å²) in [6, 6.07) is 9.40. The van der Waals surface area contributed by atoms with Crippen molar-refractivity contribution < 1.29 is 26.4 Å². The van der Waals surface area contributed by atoms with E-state index in [0.717, 1.165) is 53.5 Å². The van der Waals surface area contributed by atoms with Crippen molar-refractivity contribution in [3.63, 3.8) is 0 Å². The molecule has 0 radical (unpaired) electrons. The van der Waals surface area contributed by atoms with Crippen molar-refractivity contribution in [3.05, 3.63) is 64.8 Å². The van der Waals surface area contributed by atoms with Crippen LogP contribution in [-0.4, -0.2) is 47.6 Å². The molecule has 0 atom stereocenters. The predicted octanol–water partition coefficient (Wildman–Crippen LogP) is 4.80.